The second-order valence-corrected chi connectivity index (χ2v) is 5.59. The van der Waals surface area contributed by atoms with Gasteiger partial charge in [0.25, 0.3) is 0 Å². The van der Waals surface area contributed by atoms with E-state index in [0.29, 0.717) is 6.42 Å². The van der Waals surface area contributed by atoms with E-state index in [1.54, 1.807) is 0 Å². The van der Waals surface area contributed by atoms with Gasteiger partial charge < -0.3 is 0 Å². The maximum atomic E-state index is 12.3. The number of carbonyl (C=O) groups excluding carboxylic acids is 1. The van der Waals surface area contributed by atoms with E-state index in [2.05, 4.69) is 6.92 Å². The third kappa shape index (κ3) is 3.71. The Hall–Kier alpha value is -1.60. The molecule has 2 heteroatoms. The van der Waals surface area contributed by atoms with Gasteiger partial charge in [0.15, 0.2) is 5.78 Å². The summed E-state index contributed by atoms with van der Waals surface area (Å²) < 4.78 is 0. The minimum Gasteiger partial charge on any atom is -0.294 e. The summed E-state index contributed by atoms with van der Waals surface area (Å²) in [5.41, 5.74) is 3.15. The summed E-state index contributed by atoms with van der Waals surface area (Å²) in [6.45, 7) is 4.14. The van der Waals surface area contributed by atoms with E-state index < -0.39 is 0 Å². The molecule has 0 fully saturated rings. The summed E-state index contributed by atoms with van der Waals surface area (Å²) in [5, 5.41) is 0.730. The summed E-state index contributed by atoms with van der Waals surface area (Å²) in [4.78, 5) is 12.3. The molecule has 0 aromatic heterocycles. The number of hydrogen-bond donors (Lipinski definition) is 0. The molecule has 0 radical (unpaired) electrons. The van der Waals surface area contributed by atoms with Crippen molar-refractivity contribution in [2.24, 2.45) is 0 Å². The highest BCUT2D eigenvalue weighted by Gasteiger charge is 2.15. The third-order valence-electron chi connectivity index (χ3n) is 3.64. The van der Waals surface area contributed by atoms with E-state index in [9.17, 15) is 4.79 Å². The van der Waals surface area contributed by atoms with Crippen LogP contribution < -0.4 is 0 Å². The van der Waals surface area contributed by atoms with Crippen molar-refractivity contribution in [1.29, 1.82) is 0 Å². The highest BCUT2D eigenvalue weighted by molar-refractivity contribution is 6.30. The molecule has 104 valence electrons. The van der Waals surface area contributed by atoms with E-state index >= 15 is 0 Å². The number of benzene rings is 2. The topological polar surface area (TPSA) is 17.1 Å². The molecule has 0 unspecified atom stereocenters. The van der Waals surface area contributed by atoms with Crippen LogP contribution in [0.3, 0.4) is 0 Å². The Bertz CT molecular complexity index is 569. The molecule has 1 nitrogen and oxygen atoms in total. The fraction of sp³-hybridized carbons (Fsp3) is 0.278. The number of ketones is 1. The number of halogens is 1. The maximum absolute atomic E-state index is 12.3. The normalized spacial score (nSPS) is 12.2. The average Bonchev–Trinajstić information content (AvgIpc) is 2.46. The second kappa shape index (κ2) is 6.71. The third-order valence-corrected chi connectivity index (χ3v) is 3.89. The minimum atomic E-state index is 0.201. The number of hydrogen-bond acceptors (Lipinski definition) is 1. The van der Waals surface area contributed by atoms with Crippen molar-refractivity contribution in [3.63, 3.8) is 0 Å². The smallest absolute Gasteiger partial charge is 0.163 e. The van der Waals surface area contributed by atoms with Gasteiger partial charge in [0.1, 0.15) is 0 Å². The fourth-order valence-electron chi connectivity index (χ4n) is 2.31. The molecular weight excluding hydrogens is 268 g/mol. The Kier molecular flexibility index (Phi) is 4.97. The van der Waals surface area contributed by atoms with Crippen LogP contribution in [0.25, 0.3) is 0 Å². The molecule has 0 N–H and O–H groups in total. The average molecular weight is 287 g/mol. The monoisotopic (exact) mass is 286 g/mol. The molecule has 0 aliphatic carbocycles. The van der Waals surface area contributed by atoms with Crippen LogP contribution in [0.2, 0.25) is 5.02 Å². The van der Waals surface area contributed by atoms with Gasteiger partial charge in [-0.1, -0.05) is 60.5 Å². The zero-order chi connectivity index (χ0) is 14.5. The lowest BCUT2D eigenvalue weighted by Crippen LogP contribution is -2.07. The molecule has 0 aliphatic rings. The Labute approximate surface area is 125 Å². The highest BCUT2D eigenvalue weighted by Crippen LogP contribution is 2.26. The molecule has 20 heavy (non-hydrogen) atoms. The van der Waals surface area contributed by atoms with E-state index in [0.717, 1.165) is 17.0 Å². The SMILES string of the molecule is CC[C@H](CC(=O)c1ccc(C)cc1)c1ccc(Cl)cc1. The number of rotatable bonds is 5. The molecule has 0 bridgehead atoms. The van der Waals surface area contributed by atoms with Crippen molar-refractivity contribution in [2.45, 2.75) is 32.6 Å². The van der Waals surface area contributed by atoms with E-state index in [4.69, 9.17) is 11.6 Å². The lowest BCUT2D eigenvalue weighted by atomic mass is 9.89. The molecule has 2 rings (SSSR count). The van der Waals surface area contributed by atoms with Crippen LogP contribution in [0.4, 0.5) is 0 Å². The van der Waals surface area contributed by atoms with E-state index in [-0.39, 0.29) is 11.7 Å². The summed E-state index contributed by atoms with van der Waals surface area (Å²) >= 11 is 5.91. The van der Waals surface area contributed by atoms with Crippen LogP contribution in [0.5, 0.6) is 0 Å². The van der Waals surface area contributed by atoms with Gasteiger partial charge in [0, 0.05) is 17.0 Å². The maximum Gasteiger partial charge on any atom is 0.163 e. The van der Waals surface area contributed by atoms with Crippen molar-refractivity contribution in [1.82, 2.24) is 0 Å². The Morgan fingerprint density at radius 2 is 1.65 bits per heavy atom. The molecule has 0 aliphatic heterocycles. The van der Waals surface area contributed by atoms with Crippen molar-refractivity contribution in [3.05, 3.63) is 70.2 Å². The molecule has 0 saturated heterocycles. The van der Waals surface area contributed by atoms with Gasteiger partial charge in [0.2, 0.25) is 0 Å². The lowest BCUT2D eigenvalue weighted by Gasteiger charge is -2.14. The first-order valence-electron chi connectivity index (χ1n) is 6.95. The first kappa shape index (κ1) is 14.8. The molecule has 0 spiro atoms. The van der Waals surface area contributed by atoms with Crippen LogP contribution in [-0.4, -0.2) is 5.78 Å². The Morgan fingerprint density at radius 3 is 2.20 bits per heavy atom. The number of Topliss-reactive ketones (excluding diaryl/α,β-unsaturated/α-hetero) is 1. The predicted octanol–water partition coefficient (Wildman–Crippen LogP) is 5.42. The first-order valence-corrected chi connectivity index (χ1v) is 7.33. The lowest BCUT2D eigenvalue weighted by molar-refractivity contribution is 0.0973. The minimum absolute atomic E-state index is 0.201. The Morgan fingerprint density at radius 1 is 1.05 bits per heavy atom. The highest BCUT2D eigenvalue weighted by atomic mass is 35.5. The van der Waals surface area contributed by atoms with Crippen LogP contribution >= 0.6 is 11.6 Å². The van der Waals surface area contributed by atoms with E-state index in [1.807, 2.05) is 55.5 Å². The molecule has 2 aromatic carbocycles. The zero-order valence-corrected chi connectivity index (χ0v) is 12.7. The van der Waals surface area contributed by atoms with Gasteiger partial charge in [-0.3, -0.25) is 4.79 Å². The molecule has 2 aromatic rings. The van der Waals surface area contributed by atoms with Gasteiger partial charge in [-0.15, -0.1) is 0 Å². The summed E-state index contributed by atoms with van der Waals surface area (Å²) in [6.07, 6.45) is 1.49. The Balaban J connectivity index is 2.11. The van der Waals surface area contributed by atoms with Crippen LogP contribution in [0, 0.1) is 6.92 Å². The van der Waals surface area contributed by atoms with Gasteiger partial charge in [0.05, 0.1) is 0 Å². The summed E-state index contributed by atoms with van der Waals surface area (Å²) in [5.74, 6) is 0.452. The zero-order valence-electron chi connectivity index (χ0n) is 11.9. The molecule has 0 saturated carbocycles. The van der Waals surface area contributed by atoms with E-state index in [1.165, 1.54) is 11.1 Å². The van der Waals surface area contributed by atoms with Crippen LogP contribution in [-0.2, 0) is 0 Å². The van der Waals surface area contributed by atoms with Gasteiger partial charge in [-0.25, -0.2) is 0 Å². The van der Waals surface area contributed by atoms with Gasteiger partial charge in [-0.05, 0) is 37.0 Å². The van der Waals surface area contributed by atoms with Crippen molar-refractivity contribution < 1.29 is 4.79 Å². The molecular formula is C18H19ClO. The standard InChI is InChI=1S/C18H19ClO/c1-3-14(15-8-10-17(19)11-9-15)12-18(20)16-6-4-13(2)5-7-16/h4-11,14H,3,12H2,1-2H3/t14-/m1/s1. The summed E-state index contributed by atoms with van der Waals surface area (Å²) in [7, 11) is 0. The first-order chi connectivity index (χ1) is 9.60. The second-order valence-electron chi connectivity index (χ2n) is 5.15. The van der Waals surface area contributed by atoms with Gasteiger partial charge in [-0.2, -0.15) is 0 Å². The van der Waals surface area contributed by atoms with Crippen LogP contribution in [0.15, 0.2) is 48.5 Å². The molecule has 0 amide bonds. The van der Waals surface area contributed by atoms with Crippen LogP contribution in [0.1, 0.15) is 47.2 Å². The van der Waals surface area contributed by atoms with Gasteiger partial charge >= 0.3 is 0 Å². The van der Waals surface area contributed by atoms with Crippen molar-refractivity contribution in [2.75, 3.05) is 0 Å². The number of aryl methyl sites for hydroxylation is 1. The van der Waals surface area contributed by atoms with Crippen molar-refractivity contribution in [3.8, 4) is 0 Å². The molecule has 0 heterocycles. The number of carbonyl (C=O) groups is 1. The quantitative estimate of drug-likeness (QED) is 0.671. The van der Waals surface area contributed by atoms with Crippen molar-refractivity contribution >= 4 is 17.4 Å². The molecule has 1 atom stereocenters. The fourth-order valence-corrected chi connectivity index (χ4v) is 2.44. The predicted molar refractivity (Wildman–Crippen MR) is 84.6 cm³/mol. The summed E-state index contributed by atoms with van der Waals surface area (Å²) in [6, 6.07) is 15.6. The largest absolute Gasteiger partial charge is 0.294 e.